The van der Waals surface area contributed by atoms with Crippen molar-refractivity contribution in [2.45, 2.75) is 6.92 Å². The SMILES string of the molecule is Cc1onc(-c2ccccc2)c1NC(N)=S. The zero-order chi connectivity index (χ0) is 11.5. The van der Waals surface area contributed by atoms with Crippen molar-refractivity contribution in [1.82, 2.24) is 5.16 Å². The molecule has 0 atom stereocenters. The van der Waals surface area contributed by atoms with Crippen LogP contribution in [-0.2, 0) is 0 Å². The quantitative estimate of drug-likeness (QED) is 0.779. The predicted octanol–water partition coefficient (Wildman–Crippen LogP) is 2.31. The second kappa shape index (κ2) is 4.32. The van der Waals surface area contributed by atoms with E-state index >= 15 is 0 Å². The molecule has 4 nitrogen and oxygen atoms in total. The first-order valence-corrected chi connectivity index (χ1v) is 5.17. The van der Waals surface area contributed by atoms with Crippen molar-refractivity contribution in [2.75, 3.05) is 5.32 Å². The normalized spacial score (nSPS) is 10.1. The number of aryl methyl sites for hydroxylation is 1. The van der Waals surface area contributed by atoms with Gasteiger partial charge in [0.25, 0.3) is 0 Å². The van der Waals surface area contributed by atoms with Gasteiger partial charge in [-0.1, -0.05) is 35.5 Å². The molecule has 2 rings (SSSR count). The molecule has 0 radical (unpaired) electrons. The van der Waals surface area contributed by atoms with Crippen LogP contribution in [0.4, 0.5) is 5.69 Å². The standard InChI is InChI=1S/C11H11N3OS/c1-7-9(13-11(12)16)10(14-15-7)8-5-3-2-4-6-8/h2-6H,1H3,(H3,12,13,16). The van der Waals surface area contributed by atoms with Gasteiger partial charge in [-0.2, -0.15) is 0 Å². The Morgan fingerprint density at radius 3 is 2.69 bits per heavy atom. The van der Waals surface area contributed by atoms with Crippen LogP contribution in [0.3, 0.4) is 0 Å². The summed E-state index contributed by atoms with van der Waals surface area (Å²) in [5, 5.41) is 7.06. The lowest BCUT2D eigenvalue weighted by atomic mass is 10.1. The Kier molecular flexibility index (Phi) is 2.87. The maximum atomic E-state index is 5.45. The van der Waals surface area contributed by atoms with Gasteiger partial charge >= 0.3 is 0 Å². The van der Waals surface area contributed by atoms with E-state index in [9.17, 15) is 0 Å². The number of rotatable bonds is 2. The second-order valence-electron chi connectivity index (χ2n) is 3.32. The maximum Gasteiger partial charge on any atom is 0.168 e. The van der Waals surface area contributed by atoms with E-state index in [2.05, 4.69) is 10.5 Å². The van der Waals surface area contributed by atoms with Crippen LogP contribution in [0.2, 0.25) is 0 Å². The minimum atomic E-state index is 0.198. The van der Waals surface area contributed by atoms with Crippen molar-refractivity contribution in [1.29, 1.82) is 0 Å². The highest BCUT2D eigenvalue weighted by Crippen LogP contribution is 2.29. The first-order valence-electron chi connectivity index (χ1n) is 4.76. The molecule has 1 aromatic heterocycles. The van der Waals surface area contributed by atoms with Gasteiger partial charge in [0, 0.05) is 5.56 Å². The molecule has 0 bridgehead atoms. The molecule has 0 aliphatic carbocycles. The molecule has 1 aromatic carbocycles. The molecule has 0 aliphatic rings. The number of hydrogen-bond acceptors (Lipinski definition) is 3. The van der Waals surface area contributed by atoms with Gasteiger partial charge in [0.15, 0.2) is 10.9 Å². The molecule has 0 saturated carbocycles. The summed E-state index contributed by atoms with van der Waals surface area (Å²) in [5.74, 6) is 0.659. The van der Waals surface area contributed by atoms with Gasteiger partial charge in [-0.05, 0) is 19.1 Å². The lowest BCUT2D eigenvalue weighted by Crippen LogP contribution is -2.19. The zero-order valence-electron chi connectivity index (χ0n) is 8.73. The van der Waals surface area contributed by atoms with E-state index in [1.807, 2.05) is 30.3 Å². The van der Waals surface area contributed by atoms with Gasteiger partial charge in [0.05, 0.1) is 0 Å². The molecule has 16 heavy (non-hydrogen) atoms. The van der Waals surface area contributed by atoms with Crippen LogP contribution in [0.5, 0.6) is 0 Å². The van der Waals surface area contributed by atoms with Crippen molar-refractivity contribution in [3.63, 3.8) is 0 Å². The van der Waals surface area contributed by atoms with E-state index in [1.54, 1.807) is 6.92 Å². The molecule has 0 aliphatic heterocycles. The number of aromatic nitrogens is 1. The molecule has 3 N–H and O–H groups in total. The zero-order valence-corrected chi connectivity index (χ0v) is 9.54. The third-order valence-electron chi connectivity index (χ3n) is 2.16. The van der Waals surface area contributed by atoms with Crippen LogP contribution in [0, 0.1) is 6.92 Å². The summed E-state index contributed by atoms with van der Waals surface area (Å²) >= 11 is 4.81. The number of thiocarbonyl (C=S) groups is 1. The van der Waals surface area contributed by atoms with E-state index in [4.69, 9.17) is 22.5 Å². The Bertz CT molecular complexity index is 507. The summed E-state index contributed by atoms with van der Waals surface area (Å²) in [5.41, 5.74) is 7.84. The molecule has 0 saturated heterocycles. The van der Waals surface area contributed by atoms with E-state index in [0.29, 0.717) is 11.5 Å². The fourth-order valence-corrected chi connectivity index (χ4v) is 1.54. The van der Waals surface area contributed by atoms with Crippen LogP contribution in [0.25, 0.3) is 11.3 Å². The van der Waals surface area contributed by atoms with Crippen LogP contribution < -0.4 is 11.1 Å². The predicted molar refractivity (Wildman–Crippen MR) is 67.1 cm³/mol. The molecule has 5 heteroatoms. The number of nitrogens with two attached hydrogens (primary N) is 1. The minimum Gasteiger partial charge on any atom is -0.376 e. The molecular formula is C11H11N3OS. The molecule has 0 unspecified atom stereocenters. The number of anilines is 1. The van der Waals surface area contributed by atoms with Gasteiger partial charge in [0.2, 0.25) is 0 Å². The molecule has 0 fully saturated rings. The number of nitrogens with zero attached hydrogens (tertiary/aromatic N) is 1. The number of nitrogens with one attached hydrogen (secondary N) is 1. The highest BCUT2D eigenvalue weighted by Gasteiger charge is 2.14. The van der Waals surface area contributed by atoms with Gasteiger partial charge in [0.1, 0.15) is 11.4 Å². The lowest BCUT2D eigenvalue weighted by molar-refractivity contribution is 0.400. The van der Waals surface area contributed by atoms with Crippen molar-refractivity contribution in [3.8, 4) is 11.3 Å². The monoisotopic (exact) mass is 233 g/mol. The minimum absolute atomic E-state index is 0.198. The Balaban J connectivity index is 2.46. The highest BCUT2D eigenvalue weighted by molar-refractivity contribution is 7.80. The summed E-state index contributed by atoms with van der Waals surface area (Å²) in [6, 6.07) is 9.70. The lowest BCUT2D eigenvalue weighted by Gasteiger charge is -2.03. The third-order valence-corrected chi connectivity index (χ3v) is 2.26. The largest absolute Gasteiger partial charge is 0.376 e. The average molecular weight is 233 g/mol. The Hall–Kier alpha value is -1.88. The number of hydrogen-bond donors (Lipinski definition) is 2. The van der Waals surface area contributed by atoms with Crippen molar-refractivity contribution < 1.29 is 4.52 Å². The molecule has 0 amide bonds. The summed E-state index contributed by atoms with van der Waals surface area (Å²) in [7, 11) is 0. The van der Waals surface area contributed by atoms with E-state index in [-0.39, 0.29) is 5.11 Å². The summed E-state index contributed by atoms with van der Waals surface area (Å²) in [6.45, 7) is 1.81. The Morgan fingerprint density at radius 1 is 1.38 bits per heavy atom. The maximum absolute atomic E-state index is 5.45. The Labute approximate surface area is 98.4 Å². The van der Waals surface area contributed by atoms with E-state index in [1.165, 1.54) is 0 Å². The van der Waals surface area contributed by atoms with Crippen molar-refractivity contribution in [2.24, 2.45) is 5.73 Å². The van der Waals surface area contributed by atoms with Gasteiger partial charge in [-0.15, -0.1) is 0 Å². The van der Waals surface area contributed by atoms with Crippen molar-refractivity contribution in [3.05, 3.63) is 36.1 Å². The molecule has 0 spiro atoms. The average Bonchev–Trinajstić information content (AvgIpc) is 2.61. The van der Waals surface area contributed by atoms with Crippen molar-refractivity contribution >= 4 is 23.0 Å². The number of benzene rings is 1. The Morgan fingerprint density at radius 2 is 2.06 bits per heavy atom. The topological polar surface area (TPSA) is 64.1 Å². The van der Waals surface area contributed by atoms with E-state index in [0.717, 1.165) is 11.3 Å². The van der Waals surface area contributed by atoms with Gasteiger partial charge in [-0.25, -0.2) is 0 Å². The molecule has 82 valence electrons. The summed E-state index contributed by atoms with van der Waals surface area (Å²) in [4.78, 5) is 0. The van der Waals surface area contributed by atoms with Gasteiger partial charge < -0.3 is 15.6 Å². The second-order valence-corrected chi connectivity index (χ2v) is 3.76. The van der Waals surface area contributed by atoms with Crippen LogP contribution >= 0.6 is 12.2 Å². The first-order chi connectivity index (χ1) is 7.68. The summed E-state index contributed by atoms with van der Waals surface area (Å²) < 4.78 is 5.12. The highest BCUT2D eigenvalue weighted by atomic mass is 32.1. The van der Waals surface area contributed by atoms with Gasteiger partial charge in [-0.3, -0.25) is 0 Å². The smallest absolute Gasteiger partial charge is 0.168 e. The fourth-order valence-electron chi connectivity index (χ4n) is 1.44. The molecular weight excluding hydrogens is 222 g/mol. The third kappa shape index (κ3) is 2.04. The van der Waals surface area contributed by atoms with Crippen LogP contribution in [-0.4, -0.2) is 10.3 Å². The van der Waals surface area contributed by atoms with Crippen LogP contribution in [0.1, 0.15) is 5.76 Å². The molecule has 2 aromatic rings. The molecule has 1 heterocycles. The first kappa shape index (κ1) is 10.6. The van der Waals surface area contributed by atoms with E-state index < -0.39 is 0 Å². The summed E-state index contributed by atoms with van der Waals surface area (Å²) in [6.07, 6.45) is 0. The van der Waals surface area contributed by atoms with Crippen LogP contribution in [0.15, 0.2) is 34.9 Å². The fraction of sp³-hybridized carbons (Fsp3) is 0.0909.